The first kappa shape index (κ1) is 12.8. The number of pyridine rings is 1. The van der Waals surface area contributed by atoms with Gasteiger partial charge in [0.25, 0.3) is 0 Å². The van der Waals surface area contributed by atoms with Gasteiger partial charge in [-0.15, -0.1) is 0 Å². The van der Waals surface area contributed by atoms with Gasteiger partial charge in [-0.25, -0.2) is 0 Å². The van der Waals surface area contributed by atoms with Crippen LogP contribution in [0.3, 0.4) is 0 Å². The summed E-state index contributed by atoms with van der Waals surface area (Å²) in [4.78, 5) is 4.38. The Labute approximate surface area is 122 Å². The van der Waals surface area contributed by atoms with E-state index in [1.807, 2.05) is 42.5 Å². The molecule has 2 N–H and O–H groups in total. The molecule has 3 aromatic rings. The Hall–Kier alpha value is -2.26. The molecule has 0 fully saturated rings. The van der Waals surface area contributed by atoms with Crippen molar-refractivity contribution in [3.63, 3.8) is 0 Å². The Morgan fingerprint density at radius 2 is 1.95 bits per heavy atom. The summed E-state index contributed by atoms with van der Waals surface area (Å²) in [7, 11) is 1.62. The van der Waals surface area contributed by atoms with Crippen molar-refractivity contribution < 1.29 is 4.74 Å². The summed E-state index contributed by atoms with van der Waals surface area (Å²) < 4.78 is 5.44. The second-order valence-electron chi connectivity index (χ2n) is 4.45. The second-order valence-corrected chi connectivity index (χ2v) is 4.89. The van der Waals surface area contributed by atoms with Crippen LogP contribution in [0, 0.1) is 0 Å². The fourth-order valence-corrected chi connectivity index (χ4v) is 2.48. The van der Waals surface area contributed by atoms with Crippen molar-refractivity contribution in [2.24, 2.45) is 0 Å². The van der Waals surface area contributed by atoms with Gasteiger partial charge in [-0.1, -0.05) is 29.8 Å². The predicted molar refractivity (Wildman–Crippen MR) is 83.2 cm³/mol. The van der Waals surface area contributed by atoms with E-state index in [2.05, 4.69) is 4.98 Å². The molecule has 0 atom stereocenters. The number of hydrogen-bond acceptors (Lipinski definition) is 3. The molecule has 0 saturated heterocycles. The molecule has 100 valence electrons. The van der Waals surface area contributed by atoms with Gasteiger partial charge in [0.2, 0.25) is 0 Å². The molecule has 1 heterocycles. The van der Waals surface area contributed by atoms with E-state index < -0.39 is 0 Å². The summed E-state index contributed by atoms with van der Waals surface area (Å²) in [6, 6.07) is 13.3. The van der Waals surface area contributed by atoms with Crippen molar-refractivity contribution in [1.29, 1.82) is 0 Å². The zero-order valence-corrected chi connectivity index (χ0v) is 11.7. The SMILES string of the molecule is COc1cnc2ccc(Cl)cc2c1-c1ccccc1N. The molecule has 0 saturated carbocycles. The molecule has 0 unspecified atom stereocenters. The summed E-state index contributed by atoms with van der Waals surface area (Å²) in [6.45, 7) is 0. The van der Waals surface area contributed by atoms with Gasteiger partial charge in [0.05, 0.1) is 18.8 Å². The summed E-state index contributed by atoms with van der Waals surface area (Å²) in [5.74, 6) is 0.678. The van der Waals surface area contributed by atoms with Gasteiger partial charge in [0, 0.05) is 27.2 Å². The highest BCUT2D eigenvalue weighted by Gasteiger charge is 2.14. The number of halogens is 1. The monoisotopic (exact) mass is 284 g/mol. The smallest absolute Gasteiger partial charge is 0.145 e. The van der Waals surface area contributed by atoms with Gasteiger partial charge in [-0.2, -0.15) is 0 Å². The van der Waals surface area contributed by atoms with Crippen LogP contribution >= 0.6 is 11.6 Å². The molecule has 0 bridgehead atoms. The van der Waals surface area contributed by atoms with Crippen LogP contribution in [0.5, 0.6) is 5.75 Å². The first-order valence-corrected chi connectivity index (χ1v) is 6.55. The van der Waals surface area contributed by atoms with Crippen LogP contribution in [-0.4, -0.2) is 12.1 Å². The van der Waals surface area contributed by atoms with Crippen LogP contribution < -0.4 is 10.5 Å². The molecule has 20 heavy (non-hydrogen) atoms. The maximum Gasteiger partial charge on any atom is 0.145 e. The molecule has 2 aromatic carbocycles. The van der Waals surface area contributed by atoms with E-state index in [0.717, 1.165) is 22.0 Å². The van der Waals surface area contributed by atoms with Crippen molar-refractivity contribution in [1.82, 2.24) is 4.98 Å². The van der Waals surface area contributed by atoms with Crippen molar-refractivity contribution in [2.45, 2.75) is 0 Å². The van der Waals surface area contributed by atoms with E-state index in [1.165, 1.54) is 0 Å². The fourth-order valence-electron chi connectivity index (χ4n) is 2.30. The Morgan fingerprint density at radius 3 is 2.70 bits per heavy atom. The van der Waals surface area contributed by atoms with Crippen LogP contribution in [0.2, 0.25) is 5.02 Å². The molecule has 0 amide bonds. The van der Waals surface area contributed by atoms with E-state index in [-0.39, 0.29) is 0 Å². The van der Waals surface area contributed by atoms with Gasteiger partial charge in [0.1, 0.15) is 5.75 Å². The first-order valence-electron chi connectivity index (χ1n) is 6.18. The average molecular weight is 285 g/mol. The van der Waals surface area contributed by atoms with Crippen molar-refractivity contribution in [2.75, 3.05) is 12.8 Å². The maximum absolute atomic E-state index is 6.11. The summed E-state index contributed by atoms with van der Waals surface area (Å²) in [6.07, 6.45) is 1.71. The third-order valence-corrected chi connectivity index (χ3v) is 3.48. The first-order chi connectivity index (χ1) is 9.70. The Kier molecular flexibility index (Phi) is 3.20. The number of aromatic nitrogens is 1. The summed E-state index contributed by atoms with van der Waals surface area (Å²) >= 11 is 6.11. The van der Waals surface area contributed by atoms with Gasteiger partial charge >= 0.3 is 0 Å². The number of para-hydroxylation sites is 1. The van der Waals surface area contributed by atoms with E-state index in [4.69, 9.17) is 22.1 Å². The summed E-state index contributed by atoms with van der Waals surface area (Å²) in [5, 5.41) is 1.58. The number of nitrogen functional groups attached to an aromatic ring is 1. The predicted octanol–water partition coefficient (Wildman–Crippen LogP) is 4.15. The van der Waals surface area contributed by atoms with E-state index in [0.29, 0.717) is 16.5 Å². The lowest BCUT2D eigenvalue weighted by atomic mass is 9.99. The van der Waals surface area contributed by atoms with Crippen molar-refractivity contribution >= 4 is 28.2 Å². The van der Waals surface area contributed by atoms with Crippen molar-refractivity contribution in [3.05, 3.63) is 53.7 Å². The molecule has 0 radical (unpaired) electrons. The molecule has 1 aromatic heterocycles. The van der Waals surface area contributed by atoms with Crippen LogP contribution in [0.1, 0.15) is 0 Å². The molecular weight excluding hydrogens is 272 g/mol. The van der Waals surface area contributed by atoms with Gasteiger partial charge in [-0.05, 0) is 24.3 Å². The average Bonchev–Trinajstić information content (AvgIpc) is 2.47. The largest absolute Gasteiger partial charge is 0.494 e. The molecule has 0 aliphatic carbocycles. The molecule has 4 heteroatoms. The highest BCUT2D eigenvalue weighted by molar-refractivity contribution is 6.31. The number of rotatable bonds is 2. The molecule has 3 rings (SSSR count). The van der Waals surface area contributed by atoms with Crippen LogP contribution in [-0.2, 0) is 0 Å². The lowest BCUT2D eigenvalue weighted by molar-refractivity contribution is 0.415. The third-order valence-electron chi connectivity index (χ3n) is 3.25. The maximum atomic E-state index is 6.11. The minimum Gasteiger partial charge on any atom is -0.494 e. The quantitative estimate of drug-likeness (QED) is 0.719. The molecule has 0 aliphatic heterocycles. The van der Waals surface area contributed by atoms with Crippen LogP contribution in [0.4, 0.5) is 5.69 Å². The van der Waals surface area contributed by atoms with Crippen LogP contribution in [0.15, 0.2) is 48.7 Å². The molecular formula is C16H13ClN2O. The van der Waals surface area contributed by atoms with Gasteiger partial charge in [-0.3, -0.25) is 4.98 Å². The Bertz CT molecular complexity index is 787. The molecule has 3 nitrogen and oxygen atoms in total. The number of hydrogen-bond donors (Lipinski definition) is 1. The van der Waals surface area contributed by atoms with Crippen LogP contribution in [0.25, 0.3) is 22.0 Å². The number of methoxy groups -OCH3 is 1. The number of anilines is 1. The lowest BCUT2D eigenvalue weighted by Crippen LogP contribution is -1.95. The third kappa shape index (κ3) is 2.06. The van der Waals surface area contributed by atoms with Gasteiger partial charge in [0.15, 0.2) is 0 Å². The normalized spacial score (nSPS) is 10.7. The molecule has 0 aliphatic rings. The van der Waals surface area contributed by atoms with E-state index >= 15 is 0 Å². The highest BCUT2D eigenvalue weighted by Crippen LogP contribution is 2.39. The molecule has 0 spiro atoms. The zero-order valence-electron chi connectivity index (χ0n) is 10.9. The highest BCUT2D eigenvalue weighted by atomic mass is 35.5. The standard InChI is InChI=1S/C16H13ClN2O/c1-20-15-9-19-14-7-6-10(17)8-12(14)16(15)11-4-2-3-5-13(11)18/h2-9H,18H2,1H3. The van der Waals surface area contributed by atoms with E-state index in [1.54, 1.807) is 13.3 Å². The minimum absolute atomic E-state index is 0.656. The number of benzene rings is 2. The Balaban J connectivity index is 2.43. The lowest BCUT2D eigenvalue weighted by Gasteiger charge is -2.13. The number of nitrogens with two attached hydrogens (primary N) is 1. The fraction of sp³-hybridized carbons (Fsp3) is 0.0625. The zero-order chi connectivity index (χ0) is 14.1. The summed E-state index contributed by atoms with van der Waals surface area (Å²) in [5.41, 5.74) is 9.47. The van der Waals surface area contributed by atoms with Gasteiger partial charge < -0.3 is 10.5 Å². The number of nitrogens with zero attached hydrogens (tertiary/aromatic N) is 1. The van der Waals surface area contributed by atoms with E-state index in [9.17, 15) is 0 Å². The topological polar surface area (TPSA) is 48.1 Å². The number of ether oxygens (including phenoxy) is 1. The minimum atomic E-state index is 0.656. The van der Waals surface area contributed by atoms with Crippen molar-refractivity contribution in [3.8, 4) is 16.9 Å². The Morgan fingerprint density at radius 1 is 1.15 bits per heavy atom. The second kappa shape index (κ2) is 5.02. The number of fused-ring (bicyclic) bond motifs is 1.